The summed E-state index contributed by atoms with van der Waals surface area (Å²) in [5, 5.41) is 0. The second kappa shape index (κ2) is 7.05. The lowest BCUT2D eigenvalue weighted by Crippen LogP contribution is -2.42. The summed E-state index contributed by atoms with van der Waals surface area (Å²) < 4.78 is 34.5. The molecule has 2 aliphatic carbocycles. The zero-order valence-electron chi connectivity index (χ0n) is 15.1. The molecule has 2 nitrogen and oxygen atoms in total. The zero-order valence-corrected chi connectivity index (χ0v) is 15.1. The molecule has 0 amide bonds. The summed E-state index contributed by atoms with van der Waals surface area (Å²) in [7, 11) is 0. The first-order valence-electron chi connectivity index (χ1n) is 9.48. The fourth-order valence-corrected chi connectivity index (χ4v) is 4.76. The topological polar surface area (TPSA) is 26.3 Å². The lowest BCUT2D eigenvalue weighted by atomic mass is 9.61. The monoisotopic (exact) mass is 350 g/mol. The van der Waals surface area contributed by atoms with Crippen LogP contribution in [0.5, 0.6) is 0 Å². The number of hydrogen-bond donors (Lipinski definition) is 0. The highest BCUT2D eigenvalue weighted by Gasteiger charge is 2.48. The van der Waals surface area contributed by atoms with Crippen molar-refractivity contribution in [1.82, 2.24) is 0 Å². The molecule has 1 aromatic rings. The van der Waals surface area contributed by atoms with Crippen molar-refractivity contribution in [2.75, 3.05) is 0 Å². The van der Waals surface area contributed by atoms with Gasteiger partial charge in [0.1, 0.15) is 0 Å². The first-order valence-corrected chi connectivity index (χ1v) is 9.48. The van der Waals surface area contributed by atoms with Crippen LogP contribution in [-0.2, 0) is 9.53 Å². The Hall–Kier alpha value is -1.45. The summed E-state index contributed by atoms with van der Waals surface area (Å²) >= 11 is 0. The van der Waals surface area contributed by atoms with Gasteiger partial charge in [0.2, 0.25) is 0 Å². The van der Waals surface area contributed by atoms with Gasteiger partial charge in [-0.05, 0) is 43.6 Å². The second-order valence-corrected chi connectivity index (χ2v) is 8.18. The summed E-state index contributed by atoms with van der Waals surface area (Å²) in [5.41, 5.74) is -0.271. The summed E-state index contributed by atoms with van der Waals surface area (Å²) in [5.74, 6) is -2.46. The van der Waals surface area contributed by atoms with Gasteiger partial charge in [-0.2, -0.15) is 0 Å². The van der Waals surface area contributed by atoms with E-state index in [-0.39, 0.29) is 6.42 Å². The van der Waals surface area contributed by atoms with Crippen molar-refractivity contribution in [3.8, 4) is 0 Å². The maximum absolute atomic E-state index is 14.5. The summed E-state index contributed by atoms with van der Waals surface area (Å²) in [6, 6.07) is 8.40. The number of benzene rings is 1. The zero-order chi connectivity index (χ0) is 18.1. The van der Waals surface area contributed by atoms with Crippen LogP contribution in [-0.4, -0.2) is 11.9 Å². The van der Waals surface area contributed by atoms with E-state index < -0.39 is 23.4 Å². The molecule has 2 saturated carbocycles. The van der Waals surface area contributed by atoms with Gasteiger partial charge in [-0.15, -0.1) is 0 Å². The molecule has 2 bridgehead atoms. The smallest absolute Gasteiger partial charge is 0.312 e. The largest absolute Gasteiger partial charge is 0.451 e. The van der Waals surface area contributed by atoms with E-state index >= 15 is 0 Å². The number of halogens is 2. The van der Waals surface area contributed by atoms with Gasteiger partial charge in [0.25, 0.3) is 5.92 Å². The minimum absolute atomic E-state index is 0.359. The van der Waals surface area contributed by atoms with Crippen molar-refractivity contribution >= 4 is 5.97 Å². The molecule has 1 aromatic carbocycles. The fourth-order valence-electron chi connectivity index (χ4n) is 4.76. The summed E-state index contributed by atoms with van der Waals surface area (Å²) in [6.45, 7) is 3.34. The molecule has 2 aliphatic rings. The lowest BCUT2D eigenvalue weighted by molar-refractivity contribution is -0.190. The number of carbonyl (C=O) groups excluding carboxylic acids is 1. The van der Waals surface area contributed by atoms with Crippen molar-refractivity contribution < 1.29 is 18.3 Å². The molecule has 0 N–H and O–H groups in total. The Morgan fingerprint density at radius 3 is 2.40 bits per heavy atom. The SMILES string of the molecule is CCC(F)(F)C(OC(=O)C1(C)CC2CCCC(C2)C1)c1ccccc1. The van der Waals surface area contributed by atoms with Crippen LogP contribution in [0, 0.1) is 17.3 Å². The third-order valence-electron chi connectivity index (χ3n) is 6.04. The van der Waals surface area contributed by atoms with Gasteiger partial charge < -0.3 is 4.74 Å². The normalized spacial score (nSPS) is 30.6. The van der Waals surface area contributed by atoms with Crippen LogP contribution in [0.2, 0.25) is 0 Å². The summed E-state index contributed by atoms with van der Waals surface area (Å²) in [6.07, 6.45) is 4.35. The van der Waals surface area contributed by atoms with Crippen molar-refractivity contribution in [1.29, 1.82) is 0 Å². The van der Waals surface area contributed by atoms with Crippen LogP contribution in [0.15, 0.2) is 30.3 Å². The Morgan fingerprint density at radius 2 is 1.84 bits per heavy atom. The van der Waals surface area contributed by atoms with Gasteiger partial charge in [-0.25, -0.2) is 8.78 Å². The molecule has 4 heteroatoms. The Labute approximate surface area is 149 Å². The van der Waals surface area contributed by atoms with Crippen LogP contribution in [0.4, 0.5) is 8.78 Å². The van der Waals surface area contributed by atoms with Crippen LogP contribution >= 0.6 is 0 Å². The van der Waals surface area contributed by atoms with Crippen molar-refractivity contribution in [3.05, 3.63) is 35.9 Å². The van der Waals surface area contributed by atoms with Gasteiger partial charge in [-0.3, -0.25) is 4.79 Å². The van der Waals surface area contributed by atoms with Gasteiger partial charge in [-0.1, -0.05) is 56.5 Å². The van der Waals surface area contributed by atoms with E-state index in [0.29, 0.717) is 17.4 Å². The van der Waals surface area contributed by atoms with E-state index in [1.807, 2.05) is 6.92 Å². The second-order valence-electron chi connectivity index (χ2n) is 8.18. The highest BCUT2D eigenvalue weighted by molar-refractivity contribution is 5.77. The maximum atomic E-state index is 14.5. The molecule has 0 spiro atoms. The van der Waals surface area contributed by atoms with Crippen molar-refractivity contribution in [2.24, 2.45) is 17.3 Å². The number of ether oxygens (including phenoxy) is 1. The minimum atomic E-state index is -3.07. The highest BCUT2D eigenvalue weighted by atomic mass is 19.3. The Bertz CT molecular complexity index is 587. The lowest BCUT2D eigenvalue weighted by Gasteiger charge is -2.44. The van der Waals surface area contributed by atoms with E-state index in [4.69, 9.17) is 4.74 Å². The van der Waals surface area contributed by atoms with Crippen LogP contribution in [0.3, 0.4) is 0 Å². The van der Waals surface area contributed by atoms with Gasteiger partial charge in [0.05, 0.1) is 5.41 Å². The average Bonchev–Trinajstić information content (AvgIpc) is 2.59. The highest BCUT2D eigenvalue weighted by Crippen LogP contribution is 2.50. The Kier molecular flexibility index (Phi) is 5.17. The predicted molar refractivity (Wildman–Crippen MR) is 93.3 cm³/mol. The van der Waals surface area contributed by atoms with E-state index in [9.17, 15) is 13.6 Å². The maximum Gasteiger partial charge on any atom is 0.312 e. The predicted octanol–water partition coefficient (Wildman–Crippen LogP) is 5.92. The van der Waals surface area contributed by atoms with Gasteiger partial charge in [0.15, 0.2) is 6.10 Å². The molecule has 3 atom stereocenters. The molecule has 0 radical (unpaired) electrons. The van der Waals surface area contributed by atoms with Crippen LogP contribution in [0.25, 0.3) is 0 Å². The van der Waals surface area contributed by atoms with E-state index in [0.717, 1.165) is 25.7 Å². The van der Waals surface area contributed by atoms with E-state index in [2.05, 4.69) is 0 Å². The number of hydrogen-bond acceptors (Lipinski definition) is 2. The molecular formula is C21H28F2O2. The fraction of sp³-hybridized carbons (Fsp3) is 0.667. The molecule has 3 unspecified atom stereocenters. The molecule has 25 heavy (non-hydrogen) atoms. The minimum Gasteiger partial charge on any atom is -0.451 e. The number of alkyl halides is 2. The molecule has 0 heterocycles. The van der Waals surface area contributed by atoms with Crippen LogP contribution in [0.1, 0.15) is 70.5 Å². The van der Waals surface area contributed by atoms with E-state index in [1.165, 1.54) is 19.8 Å². The summed E-state index contributed by atoms with van der Waals surface area (Å²) in [4.78, 5) is 12.9. The average molecular weight is 350 g/mol. The third-order valence-corrected chi connectivity index (χ3v) is 6.04. The molecule has 2 fully saturated rings. The molecule has 0 saturated heterocycles. The van der Waals surface area contributed by atoms with Crippen molar-refractivity contribution in [2.45, 2.75) is 70.8 Å². The molecule has 0 aliphatic heterocycles. The number of esters is 1. The van der Waals surface area contributed by atoms with Crippen LogP contribution < -0.4 is 0 Å². The van der Waals surface area contributed by atoms with Gasteiger partial charge in [0, 0.05) is 6.42 Å². The molecule has 0 aromatic heterocycles. The quantitative estimate of drug-likeness (QED) is 0.616. The molecule has 3 rings (SSSR count). The van der Waals surface area contributed by atoms with E-state index in [1.54, 1.807) is 30.3 Å². The standard InChI is InChI=1S/C21H28F2O2/c1-3-21(22,23)18(17-10-5-4-6-11-17)25-19(24)20(2)13-15-8-7-9-16(12-15)14-20/h4-6,10-11,15-16,18H,3,7-9,12-14H2,1-2H3. The Morgan fingerprint density at radius 1 is 1.24 bits per heavy atom. The molecule has 138 valence electrons. The van der Waals surface area contributed by atoms with Crippen molar-refractivity contribution in [3.63, 3.8) is 0 Å². The van der Waals surface area contributed by atoms with Gasteiger partial charge >= 0.3 is 5.97 Å². The first-order chi connectivity index (χ1) is 11.8. The molecular weight excluding hydrogens is 322 g/mol. The Balaban J connectivity index is 1.80. The number of carbonyl (C=O) groups is 1. The first kappa shape index (κ1) is 18.3. The third kappa shape index (κ3) is 3.88. The number of rotatable bonds is 5. The number of fused-ring (bicyclic) bond motifs is 2.